The van der Waals surface area contributed by atoms with Crippen molar-refractivity contribution >= 4 is 11.6 Å². The summed E-state index contributed by atoms with van der Waals surface area (Å²) in [5.41, 5.74) is 2.03. The molecule has 144 valence electrons. The van der Waals surface area contributed by atoms with Gasteiger partial charge in [0.2, 0.25) is 0 Å². The average molecular weight is 369 g/mol. The largest absolute Gasteiger partial charge is 0.494 e. The van der Waals surface area contributed by atoms with Crippen molar-refractivity contribution in [2.24, 2.45) is 4.99 Å². The molecule has 0 saturated carbocycles. The van der Waals surface area contributed by atoms with Gasteiger partial charge < -0.3 is 24.8 Å². The quantitative estimate of drug-likeness (QED) is 0.599. The van der Waals surface area contributed by atoms with Crippen LogP contribution in [0, 0.1) is 0 Å². The fraction of sp³-hybridized carbons (Fsp3) is 0.381. The van der Waals surface area contributed by atoms with E-state index >= 15 is 0 Å². The number of hydrogen-bond acceptors (Lipinski definition) is 4. The van der Waals surface area contributed by atoms with E-state index in [1.807, 2.05) is 36.4 Å². The molecule has 0 spiro atoms. The van der Waals surface area contributed by atoms with E-state index in [1.165, 1.54) is 0 Å². The van der Waals surface area contributed by atoms with Crippen LogP contribution in [0.1, 0.15) is 25.3 Å². The number of nitrogens with one attached hydrogen (secondary N) is 2. The first-order valence-corrected chi connectivity index (χ1v) is 9.37. The third-order valence-corrected chi connectivity index (χ3v) is 4.07. The monoisotopic (exact) mass is 369 g/mol. The number of hydrogen-bond donors (Lipinski definition) is 2. The van der Waals surface area contributed by atoms with E-state index < -0.39 is 0 Å². The van der Waals surface area contributed by atoms with Crippen LogP contribution in [0.15, 0.2) is 47.5 Å². The molecule has 0 atom stereocenters. The minimum Gasteiger partial charge on any atom is -0.494 e. The van der Waals surface area contributed by atoms with Gasteiger partial charge in [0.15, 0.2) is 17.5 Å². The molecule has 0 saturated heterocycles. The zero-order chi connectivity index (χ0) is 18.9. The van der Waals surface area contributed by atoms with Crippen molar-refractivity contribution in [3.8, 4) is 17.2 Å². The predicted molar refractivity (Wildman–Crippen MR) is 108 cm³/mol. The van der Waals surface area contributed by atoms with Crippen LogP contribution in [0.3, 0.4) is 0 Å². The smallest absolute Gasteiger partial charge is 0.195 e. The molecule has 1 aliphatic rings. The first kappa shape index (κ1) is 18.9. The van der Waals surface area contributed by atoms with Crippen LogP contribution < -0.4 is 24.8 Å². The van der Waals surface area contributed by atoms with Gasteiger partial charge in [-0.25, -0.2) is 0 Å². The molecule has 0 radical (unpaired) electrons. The number of ether oxygens (including phenoxy) is 3. The van der Waals surface area contributed by atoms with Crippen LogP contribution in [-0.4, -0.2) is 32.8 Å². The van der Waals surface area contributed by atoms with E-state index in [-0.39, 0.29) is 0 Å². The van der Waals surface area contributed by atoms with E-state index in [1.54, 1.807) is 7.05 Å². The Morgan fingerprint density at radius 1 is 1.11 bits per heavy atom. The number of benzene rings is 2. The SMILES string of the molecule is CCCOc1cccc(CNC(=NC)Nc2ccc3c(c2)OCCCO3)c1. The van der Waals surface area contributed by atoms with Crippen LogP contribution in [0.25, 0.3) is 0 Å². The number of anilines is 1. The molecule has 1 aliphatic heterocycles. The fourth-order valence-corrected chi connectivity index (χ4v) is 2.71. The predicted octanol–water partition coefficient (Wildman–Crippen LogP) is 3.82. The molecule has 2 aromatic rings. The lowest BCUT2D eigenvalue weighted by Gasteiger charge is -2.14. The highest BCUT2D eigenvalue weighted by molar-refractivity contribution is 5.93. The summed E-state index contributed by atoms with van der Waals surface area (Å²) in [6.07, 6.45) is 1.89. The van der Waals surface area contributed by atoms with Crippen LogP contribution in [0.5, 0.6) is 17.2 Å². The summed E-state index contributed by atoms with van der Waals surface area (Å²) in [6.45, 7) is 4.82. The first-order chi connectivity index (χ1) is 13.3. The molecule has 1 heterocycles. The second-order valence-electron chi connectivity index (χ2n) is 6.26. The van der Waals surface area contributed by atoms with Gasteiger partial charge >= 0.3 is 0 Å². The standard InChI is InChI=1S/C21H27N3O3/c1-3-10-25-18-7-4-6-16(13-18)15-23-21(22-2)24-17-8-9-19-20(14-17)27-12-5-11-26-19/h4,6-9,13-14H,3,5,10-12,15H2,1-2H3,(H2,22,23,24). The van der Waals surface area contributed by atoms with Gasteiger partial charge in [0.05, 0.1) is 19.8 Å². The van der Waals surface area contributed by atoms with Gasteiger partial charge in [0.25, 0.3) is 0 Å². The lowest BCUT2D eigenvalue weighted by atomic mass is 10.2. The normalized spacial score (nSPS) is 13.6. The van der Waals surface area contributed by atoms with Crippen LogP contribution in [0.4, 0.5) is 5.69 Å². The van der Waals surface area contributed by atoms with E-state index in [0.717, 1.165) is 47.9 Å². The van der Waals surface area contributed by atoms with Gasteiger partial charge in [0, 0.05) is 31.8 Å². The van der Waals surface area contributed by atoms with Crippen LogP contribution in [-0.2, 0) is 6.54 Å². The fourth-order valence-electron chi connectivity index (χ4n) is 2.71. The maximum Gasteiger partial charge on any atom is 0.195 e. The van der Waals surface area contributed by atoms with Crippen molar-refractivity contribution in [1.29, 1.82) is 0 Å². The van der Waals surface area contributed by atoms with Gasteiger partial charge in [0.1, 0.15) is 5.75 Å². The highest BCUT2D eigenvalue weighted by Crippen LogP contribution is 2.32. The van der Waals surface area contributed by atoms with Crippen molar-refractivity contribution in [2.75, 3.05) is 32.2 Å². The second kappa shape index (κ2) is 9.71. The first-order valence-electron chi connectivity index (χ1n) is 9.37. The van der Waals surface area contributed by atoms with Gasteiger partial charge in [-0.05, 0) is 36.2 Å². The lowest BCUT2D eigenvalue weighted by Crippen LogP contribution is -2.30. The van der Waals surface area contributed by atoms with Crippen molar-refractivity contribution in [3.63, 3.8) is 0 Å². The minimum absolute atomic E-state index is 0.646. The third-order valence-electron chi connectivity index (χ3n) is 4.07. The Balaban J connectivity index is 1.59. The maximum absolute atomic E-state index is 5.74. The molecule has 0 amide bonds. The Morgan fingerprint density at radius 2 is 1.96 bits per heavy atom. The molecule has 0 bridgehead atoms. The Labute approximate surface area is 160 Å². The summed E-state index contributed by atoms with van der Waals surface area (Å²) < 4.78 is 17.1. The highest BCUT2D eigenvalue weighted by atomic mass is 16.5. The number of nitrogens with zero attached hydrogens (tertiary/aromatic N) is 1. The highest BCUT2D eigenvalue weighted by Gasteiger charge is 2.11. The number of rotatable bonds is 6. The van der Waals surface area contributed by atoms with Crippen LogP contribution >= 0.6 is 0 Å². The molecule has 0 unspecified atom stereocenters. The maximum atomic E-state index is 5.74. The topological polar surface area (TPSA) is 64.1 Å². The van der Waals surface area contributed by atoms with Crippen molar-refractivity contribution in [2.45, 2.75) is 26.3 Å². The van der Waals surface area contributed by atoms with Crippen molar-refractivity contribution in [3.05, 3.63) is 48.0 Å². The summed E-state index contributed by atoms with van der Waals surface area (Å²) in [6, 6.07) is 13.9. The van der Waals surface area contributed by atoms with Gasteiger partial charge in [-0.1, -0.05) is 19.1 Å². The summed E-state index contributed by atoms with van der Waals surface area (Å²) >= 11 is 0. The van der Waals surface area contributed by atoms with E-state index in [0.29, 0.717) is 25.7 Å². The van der Waals surface area contributed by atoms with Crippen molar-refractivity contribution in [1.82, 2.24) is 5.32 Å². The van der Waals surface area contributed by atoms with Gasteiger partial charge in [-0.2, -0.15) is 0 Å². The average Bonchev–Trinajstić information content (AvgIpc) is 2.94. The Morgan fingerprint density at radius 3 is 2.78 bits per heavy atom. The molecule has 0 aromatic heterocycles. The molecular weight excluding hydrogens is 342 g/mol. The van der Waals surface area contributed by atoms with E-state index in [9.17, 15) is 0 Å². The Bertz CT molecular complexity index is 777. The summed E-state index contributed by atoms with van der Waals surface area (Å²) in [4.78, 5) is 4.29. The second-order valence-corrected chi connectivity index (χ2v) is 6.26. The summed E-state index contributed by atoms with van der Waals surface area (Å²) in [5, 5.41) is 6.61. The molecule has 2 aromatic carbocycles. The third kappa shape index (κ3) is 5.54. The summed E-state index contributed by atoms with van der Waals surface area (Å²) in [5.74, 6) is 3.12. The van der Waals surface area contributed by atoms with Gasteiger partial charge in [-0.3, -0.25) is 4.99 Å². The Kier molecular flexibility index (Phi) is 6.79. The lowest BCUT2D eigenvalue weighted by molar-refractivity contribution is 0.297. The van der Waals surface area contributed by atoms with E-state index in [4.69, 9.17) is 14.2 Å². The molecule has 27 heavy (non-hydrogen) atoms. The molecule has 3 rings (SSSR count). The minimum atomic E-state index is 0.646. The molecule has 0 fully saturated rings. The zero-order valence-electron chi connectivity index (χ0n) is 16.0. The molecule has 2 N–H and O–H groups in total. The van der Waals surface area contributed by atoms with Crippen LogP contribution in [0.2, 0.25) is 0 Å². The molecule has 0 aliphatic carbocycles. The summed E-state index contributed by atoms with van der Waals surface area (Å²) in [7, 11) is 1.75. The van der Waals surface area contributed by atoms with Gasteiger partial charge in [-0.15, -0.1) is 0 Å². The molecule has 6 heteroatoms. The Hall–Kier alpha value is -2.89. The zero-order valence-corrected chi connectivity index (χ0v) is 16.0. The van der Waals surface area contributed by atoms with Crippen molar-refractivity contribution < 1.29 is 14.2 Å². The van der Waals surface area contributed by atoms with E-state index in [2.05, 4.69) is 28.6 Å². The number of guanidine groups is 1. The number of aliphatic imine (C=N–C) groups is 1. The molecule has 6 nitrogen and oxygen atoms in total. The molecular formula is C21H27N3O3. The number of fused-ring (bicyclic) bond motifs is 1.